The molecule has 0 amide bonds. The fraction of sp³-hybridized carbons (Fsp3) is 0.533. The number of nitrogens with zero attached hydrogens (tertiary/aromatic N) is 1. The van der Waals surface area contributed by atoms with Crippen molar-refractivity contribution in [3.8, 4) is 0 Å². The third kappa shape index (κ3) is 5.07. The monoisotopic (exact) mass is 296 g/mol. The number of halogens is 1. The van der Waals surface area contributed by atoms with Crippen LogP contribution in [0, 0.1) is 5.41 Å². The molecule has 2 rings (SSSR count). The zero-order valence-corrected chi connectivity index (χ0v) is 13.3. The molecule has 0 saturated heterocycles. The number of nitrogens with one attached hydrogen (secondary N) is 1. The number of benzene rings is 1. The molecule has 4 heteroatoms. The molecule has 1 aliphatic rings. The van der Waals surface area contributed by atoms with Crippen molar-refractivity contribution in [3.05, 3.63) is 34.9 Å². The van der Waals surface area contributed by atoms with Gasteiger partial charge in [-0.15, -0.1) is 0 Å². The molecule has 1 aromatic carbocycles. The smallest absolute Gasteiger partial charge is 0.157 e. The van der Waals surface area contributed by atoms with Crippen molar-refractivity contribution in [2.75, 3.05) is 6.54 Å². The minimum Gasteiger partial charge on any atom is -0.361 e. The summed E-state index contributed by atoms with van der Waals surface area (Å²) in [6.45, 7) is 8.56. The highest BCUT2D eigenvalue weighted by atomic mass is 35.5. The summed E-state index contributed by atoms with van der Waals surface area (Å²) in [5, 5.41) is 5.86. The lowest BCUT2D eigenvalue weighted by Gasteiger charge is -2.21. The molecule has 0 saturated carbocycles. The number of rotatable bonds is 3. The Balaban J connectivity index is 1.79. The number of amidine groups is 1. The quantitative estimate of drug-likeness (QED) is 0.897. The Morgan fingerprint density at radius 2 is 2.21 bits per heavy atom. The van der Waals surface area contributed by atoms with E-state index in [1.54, 1.807) is 0 Å². The maximum Gasteiger partial charge on any atom is 0.157 e. The zero-order chi connectivity index (χ0) is 13.9. The van der Waals surface area contributed by atoms with E-state index in [0.29, 0.717) is 10.7 Å². The van der Waals surface area contributed by atoms with Crippen molar-refractivity contribution >= 4 is 28.5 Å². The second kappa shape index (κ2) is 6.19. The molecule has 2 nitrogen and oxygen atoms in total. The van der Waals surface area contributed by atoms with Crippen LogP contribution in [-0.2, 0) is 6.54 Å². The van der Waals surface area contributed by atoms with Crippen LogP contribution in [0.25, 0.3) is 0 Å². The molecular formula is C15H21ClN2S. The molecule has 1 unspecified atom stereocenters. The Hall–Kier alpha value is -0.670. The van der Waals surface area contributed by atoms with Crippen molar-refractivity contribution in [1.82, 2.24) is 5.32 Å². The summed E-state index contributed by atoms with van der Waals surface area (Å²) in [7, 11) is 0. The first-order chi connectivity index (χ1) is 8.92. The normalized spacial score (nSPS) is 19.4. The third-order valence-corrected chi connectivity index (χ3v) is 4.27. The van der Waals surface area contributed by atoms with Crippen LogP contribution in [0.15, 0.2) is 29.3 Å². The summed E-state index contributed by atoms with van der Waals surface area (Å²) < 4.78 is 0. The van der Waals surface area contributed by atoms with Gasteiger partial charge in [-0.2, -0.15) is 0 Å². The van der Waals surface area contributed by atoms with Crippen molar-refractivity contribution in [1.29, 1.82) is 0 Å². The molecule has 1 aromatic rings. The second-order valence-electron chi connectivity index (χ2n) is 6.13. The lowest BCUT2D eigenvalue weighted by atomic mass is 9.90. The van der Waals surface area contributed by atoms with E-state index in [1.165, 1.54) is 12.0 Å². The standard InChI is InChI=1S/C15H21ClN2S/c1-15(2,3)8-13-10-18-14(19-13)17-9-11-5-4-6-12(16)7-11/h4-7,13H,8-10H2,1-3H3,(H,17,18). The fourth-order valence-corrected chi connectivity index (χ4v) is 3.69. The highest BCUT2D eigenvalue weighted by Crippen LogP contribution is 2.31. The molecule has 0 fully saturated rings. The lowest BCUT2D eigenvalue weighted by Crippen LogP contribution is -2.20. The Bertz CT molecular complexity index is 465. The van der Waals surface area contributed by atoms with Crippen molar-refractivity contribution in [3.63, 3.8) is 0 Å². The maximum atomic E-state index is 5.97. The van der Waals surface area contributed by atoms with Gasteiger partial charge in [-0.3, -0.25) is 4.99 Å². The predicted octanol–water partition coefficient (Wildman–Crippen LogP) is 4.34. The fourth-order valence-electron chi connectivity index (χ4n) is 2.13. The minimum atomic E-state index is 0.371. The highest BCUT2D eigenvalue weighted by Gasteiger charge is 2.24. The van der Waals surface area contributed by atoms with E-state index in [-0.39, 0.29) is 0 Å². The Morgan fingerprint density at radius 3 is 2.89 bits per heavy atom. The Labute approximate surface area is 125 Å². The van der Waals surface area contributed by atoms with Gasteiger partial charge in [0.1, 0.15) is 0 Å². The summed E-state index contributed by atoms with van der Waals surface area (Å²) in [6.07, 6.45) is 1.20. The zero-order valence-electron chi connectivity index (χ0n) is 11.7. The van der Waals surface area contributed by atoms with Crippen molar-refractivity contribution in [2.24, 2.45) is 10.4 Å². The third-order valence-electron chi connectivity index (χ3n) is 2.89. The van der Waals surface area contributed by atoms with Crippen LogP contribution in [0.5, 0.6) is 0 Å². The first kappa shape index (κ1) is 14.7. The van der Waals surface area contributed by atoms with Gasteiger partial charge in [-0.1, -0.05) is 56.3 Å². The molecule has 0 radical (unpaired) electrons. The average Bonchev–Trinajstić information content (AvgIpc) is 2.72. The van der Waals surface area contributed by atoms with Crippen LogP contribution in [-0.4, -0.2) is 17.0 Å². The van der Waals surface area contributed by atoms with Gasteiger partial charge in [0.15, 0.2) is 5.17 Å². The van der Waals surface area contributed by atoms with Gasteiger partial charge in [0.2, 0.25) is 0 Å². The largest absolute Gasteiger partial charge is 0.361 e. The van der Waals surface area contributed by atoms with Crippen LogP contribution >= 0.6 is 23.4 Å². The van der Waals surface area contributed by atoms with E-state index in [1.807, 2.05) is 30.0 Å². The molecule has 0 aromatic heterocycles. The van der Waals surface area contributed by atoms with E-state index in [9.17, 15) is 0 Å². The topological polar surface area (TPSA) is 24.4 Å². The molecule has 1 atom stereocenters. The molecule has 1 heterocycles. The molecule has 104 valence electrons. The molecule has 0 aliphatic carbocycles. The van der Waals surface area contributed by atoms with E-state index in [0.717, 1.165) is 23.3 Å². The summed E-state index contributed by atoms with van der Waals surface area (Å²) in [6, 6.07) is 7.94. The van der Waals surface area contributed by atoms with Gasteiger partial charge in [-0.25, -0.2) is 0 Å². The van der Waals surface area contributed by atoms with E-state index in [2.05, 4.69) is 37.1 Å². The van der Waals surface area contributed by atoms with Crippen LogP contribution < -0.4 is 5.32 Å². The highest BCUT2D eigenvalue weighted by molar-refractivity contribution is 8.14. The first-order valence-corrected chi connectivity index (χ1v) is 7.87. The van der Waals surface area contributed by atoms with Gasteiger partial charge in [0.05, 0.1) is 6.54 Å². The lowest BCUT2D eigenvalue weighted by molar-refractivity contribution is 0.375. The number of hydrogen-bond donors (Lipinski definition) is 1. The molecule has 0 spiro atoms. The van der Waals surface area contributed by atoms with Crippen LogP contribution in [0.3, 0.4) is 0 Å². The summed E-state index contributed by atoms with van der Waals surface area (Å²) >= 11 is 7.84. The van der Waals surface area contributed by atoms with Gasteiger partial charge >= 0.3 is 0 Å². The van der Waals surface area contributed by atoms with Crippen LogP contribution in [0.1, 0.15) is 32.8 Å². The minimum absolute atomic E-state index is 0.371. The molecule has 1 N–H and O–H groups in total. The first-order valence-electron chi connectivity index (χ1n) is 6.62. The summed E-state index contributed by atoms with van der Waals surface area (Å²) in [5.41, 5.74) is 1.56. The Kier molecular flexibility index (Phi) is 4.80. The molecular weight excluding hydrogens is 276 g/mol. The van der Waals surface area contributed by atoms with Crippen LogP contribution in [0.2, 0.25) is 5.02 Å². The molecule has 19 heavy (non-hydrogen) atoms. The van der Waals surface area contributed by atoms with Gasteiger partial charge < -0.3 is 5.32 Å². The van der Waals surface area contributed by atoms with E-state index >= 15 is 0 Å². The van der Waals surface area contributed by atoms with Crippen molar-refractivity contribution in [2.45, 2.75) is 39.0 Å². The van der Waals surface area contributed by atoms with Gasteiger partial charge in [-0.05, 0) is 29.5 Å². The van der Waals surface area contributed by atoms with Crippen molar-refractivity contribution < 1.29 is 0 Å². The number of hydrogen-bond acceptors (Lipinski definition) is 3. The molecule has 0 bridgehead atoms. The van der Waals surface area contributed by atoms with E-state index in [4.69, 9.17) is 11.6 Å². The average molecular weight is 297 g/mol. The predicted molar refractivity (Wildman–Crippen MR) is 86.0 cm³/mol. The van der Waals surface area contributed by atoms with Gasteiger partial charge in [0.25, 0.3) is 0 Å². The SMILES string of the molecule is CC(C)(C)CC1CN=C(NCc2cccc(Cl)c2)S1. The summed E-state index contributed by atoms with van der Waals surface area (Å²) in [4.78, 5) is 4.57. The Morgan fingerprint density at radius 1 is 1.42 bits per heavy atom. The number of aliphatic imine (C=N–C) groups is 1. The van der Waals surface area contributed by atoms with Gasteiger partial charge in [0, 0.05) is 16.8 Å². The maximum absolute atomic E-state index is 5.97. The summed E-state index contributed by atoms with van der Waals surface area (Å²) in [5.74, 6) is 0. The second-order valence-corrected chi connectivity index (χ2v) is 7.86. The molecule has 1 aliphatic heterocycles. The number of thioether (sulfide) groups is 1. The van der Waals surface area contributed by atoms with E-state index < -0.39 is 0 Å². The van der Waals surface area contributed by atoms with Crippen LogP contribution in [0.4, 0.5) is 0 Å².